The molecule has 0 heterocycles. The first-order chi connectivity index (χ1) is 7.47. The molecule has 0 bridgehead atoms. The van der Waals surface area contributed by atoms with Crippen LogP contribution in [0.15, 0.2) is 30.3 Å². The first kappa shape index (κ1) is 11.4. The second-order valence-electron chi connectivity index (χ2n) is 6.06. The highest BCUT2D eigenvalue weighted by molar-refractivity contribution is 5.85. The second-order valence-corrected chi connectivity index (χ2v) is 6.06. The Bertz CT molecular complexity index is 372. The molecule has 1 fully saturated rings. The first-order valence-electron chi connectivity index (χ1n) is 6.05. The lowest BCUT2D eigenvalue weighted by atomic mass is 9.88. The Balaban J connectivity index is 1.95. The molecule has 1 heteroatoms. The monoisotopic (exact) mass is 216 g/mol. The van der Waals surface area contributed by atoms with E-state index in [0.717, 1.165) is 6.42 Å². The summed E-state index contributed by atoms with van der Waals surface area (Å²) >= 11 is 0. The predicted molar refractivity (Wildman–Crippen MR) is 66.4 cm³/mol. The molecule has 0 amide bonds. The maximum Gasteiger partial charge on any atom is 0.137 e. The molecule has 1 aromatic carbocycles. The van der Waals surface area contributed by atoms with E-state index in [2.05, 4.69) is 45.0 Å². The van der Waals surface area contributed by atoms with E-state index < -0.39 is 0 Å². The van der Waals surface area contributed by atoms with Gasteiger partial charge in [-0.2, -0.15) is 0 Å². The molecule has 1 saturated carbocycles. The zero-order valence-electron chi connectivity index (χ0n) is 10.4. The molecule has 2 atom stereocenters. The minimum absolute atomic E-state index is 0.126. The van der Waals surface area contributed by atoms with Crippen LogP contribution < -0.4 is 0 Å². The summed E-state index contributed by atoms with van der Waals surface area (Å²) in [4.78, 5) is 12.0. The van der Waals surface area contributed by atoms with Crippen LogP contribution in [-0.2, 0) is 4.79 Å². The van der Waals surface area contributed by atoms with E-state index >= 15 is 0 Å². The highest BCUT2D eigenvalue weighted by Crippen LogP contribution is 2.49. The van der Waals surface area contributed by atoms with Crippen molar-refractivity contribution in [1.82, 2.24) is 0 Å². The van der Waals surface area contributed by atoms with Gasteiger partial charge in [0.25, 0.3) is 0 Å². The fraction of sp³-hybridized carbons (Fsp3) is 0.533. The number of Topliss-reactive ketones (excluding diaryl/α,β-unsaturated/α-hetero) is 1. The van der Waals surface area contributed by atoms with Crippen LogP contribution in [0.4, 0.5) is 0 Å². The molecule has 1 nitrogen and oxygen atoms in total. The van der Waals surface area contributed by atoms with Crippen molar-refractivity contribution in [3.05, 3.63) is 35.9 Å². The third-order valence-electron chi connectivity index (χ3n) is 3.14. The highest BCUT2D eigenvalue weighted by atomic mass is 16.1. The van der Waals surface area contributed by atoms with Gasteiger partial charge in [-0.3, -0.25) is 4.79 Å². The van der Waals surface area contributed by atoms with Crippen LogP contribution in [0.1, 0.15) is 45.1 Å². The SMILES string of the molecule is CC(C)(C)CC(=O)C1CC1c1ccccc1. The molecule has 2 rings (SSSR count). The average Bonchev–Trinajstić information content (AvgIpc) is 2.96. The van der Waals surface area contributed by atoms with Crippen molar-refractivity contribution in [3.8, 4) is 0 Å². The molecule has 0 N–H and O–H groups in total. The summed E-state index contributed by atoms with van der Waals surface area (Å²) < 4.78 is 0. The van der Waals surface area contributed by atoms with Crippen LogP contribution in [0.2, 0.25) is 0 Å². The van der Waals surface area contributed by atoms with Gasteiger partial charge in [0.1, 0.15) is 5.78 Å². The Morgan fingerprint density at radius 1 is 1.25 bits per heavy atom. The van der Waals surface area contributed by atoms with Crippen LogP contribution in [0.25, 0.3) is 0 Å². The molecular formula is C15H20O. The minimum atomic E-state index is 0.126. The maximum atomic E-state index is 12.0. The number of carbonyl (C=O) groups excluding carboxylic acids is 1. The first-order valence-corrected chi connectivity index (χ1v) is 6.05. The summed E-state index contributed by atoms with van der Waals surface area (Å²) in [5.41, 5.74) is 1.45. The van der Waals surface area contributed by atoms with Gasteiger partial charge in [-0.1, -0.05) is 51.1 Å². The number of hydrogen-bond donors (Lipinski definition) is 0. The van der Waals surface area contributed by atoms with Crippen molar-refractivity contribution in [3.63, 3.8) is 0 Å². The topological polar surface area (TPSA) is 17.1 Å². The Morgan fingerprint density at radius 3 is 2.44 bits per heavy atom. The summed E-state index contributed by atoms with van der Waals surface area (Å²) in [6.45, 7) is 6.39. The highest BCUT2D eigenvalue weighted by Gasteiger charge is 2.43. The predicted octanol–water partition coefficient (Wildman–Crippen LogP) is 3.80. The Morgan fingerprint density at radius 2 is 1.88 bits per heavy atom. The van der Waals surface area contributed by atoms with E-state index in [9.17, 15) is 4.79 Å². The molecule has 0 aliphatic heterocycles. The van der Waals surface area contributed by atoms with Gasteiger partial charge in [-0.15, -0.1) is 0 Å². The molecule has 0 aromatic heterocycles. The third-order valence-corrected chi connectivity index (χ3v) is 3.14. The molecule has 0 saturated heterocycles. The third kappa shape index (κ3) is 2.72. The van der Waals surface area contributed by atoms with Crippen LogP contribution in [0, 0.1) is 11.3 Å². The fourth-order valence-corrected chi connectivity index (χ4v) is 2.27. The van der Waals surface area contributed by atoms with Gasteiger partial charge in [0.2, 0.25) is 0 Å². The summed E-state index contributed by atoms with van der Waals surface area (Å²) in [6.07, 6.45) is 1.76. The van der Waals surface area contributed by atoms with E-state index in [4.69, 9.17) is 0 Å². The van der Waals surface area contributed by atoms with Crippen molar-refractivity contribution < 1.29 is 4.79 Å². The molecule has 16 heavy (non-hydrogen) atoms. The van der Waals surface area contributed by atoms with Crippen molar-refractivity contribution in [2.75, 3.05) is 0 Å². The van der Waals surface area contributed by atoms with E-state index in [1.807, 2.05) is 6.07 Å². The molecule has 0 radical (unpaired) electrons. The van der Waals surface area contributed by atoms with Gasteiger partial charge < -0.3 is 0 Å². The van der Waals surface area contributed by atoms with Crippen LogP contribution in [0.5, 0.6) is 0 Å². The second kappa shape index (κ2) is 4.04. The zero-order valence-corrected chi connectivity index (χ0v) is 10.4. The lowest BCUT2D eigenvalue weighted by molar-refractivity contribution is -0.122. The lowest BCUT2D eigenvalue weighted by Gasteiger charge is -2.16. The maximum absolute atomic E-state index is 12.0. The molecule has 1 aliphatic carbocycles. The molecule has 1 aliphatic rings. The Hall–Kier alpha value is -1.11. The van der Waals surface area contributed by atoms with Gasteiger partial charge >= 0.3 is 0 Å². The summed E-state index contributed by atoms with van der Waals surface area (Å²) in [5, 5.41) is 0. The molecule has 2 unspecified atom stereocenters. The van der Waals surface area contributed by atoms with Crippen molar-refractivity contribution in [2.24, 2.45) is 11.3 Å². The van der Waals surface area contributed by atoms with E-state index in [1.54, 1.807) is 0 Å². The van der Waals surface area contributed by atoms with Gasteiger partial charge in [0, 0.05) is 12.3 Å². The van der Waals surface area contributed by atoms with Gasteiger partial charge in [-0.05, 0) is 23.3 Å². The van der Waals surface area contributed by atoms with E-state index in [-0.39, 0.29) is 5.41 Å². The Kier molecular flexibility index (Phi) is 2.88. The molecule has 86 valence electrons. The van der Waals surface area contributed by atoms with Crippen LogP contribution in [0.3, 0.4) is 0 Å². The smallest absolute Gasteiger partial charge is 0.137 e. The Labute approximate surface area is 97.9 Å². The molecule has 1 aromatic rings. The number of rotatable bonds is 3. The van der Waals surface area contributed by atoms with Crippen molar-refractivity contribution in [1.29, 1.82) is 0 Å². The minimum Gasteiger partial charge on any atom is -0.299 e. The van der Waals surface area contributed by atoms with Crippen LogP contribution >= 0.6 is 0 Å². The number of carbonyl (C=O) groups is 1. The molecular weight excluding hydrogens is 196 g/mol. The average molecular weight is 216 g/mol. The number of benzene rings is 1. The fourth-order valence-electron chi connectivity index (χ4n) is 2.27. The van der Waals surface area contributed by atoms with E-state index in [1.165, 1.54) is 5.56 Å². The zero-order chi connectivity index (χ0) is 11.8. The number of hydrogen-bond acceptors (Lipinski definition) is 1. The number of ketones is 1. The van der Waals surface area contributed by atoms with Crippen molar-refractivity contribution in [2.45, 2.75) is 39.5 Å². The summed E-state index contributed by atoms with van der Waals surface area (Å²) in [5.74, 6) is 1.24. The summed E-state index contributed by atoms with van der Waals surface area (Å²) in [6, 6.07) is 10.4. The standard InChI is InChI=1S/C15H20O/c1-15(2,3)10-14(16)13-9-12(13)11-7-5-4-6-8-11/h4-8,12-13H,9-10H2,1-3H3. The van der Waals surface area contributed by atoms with Crippen LogP contribution in [-0.4, -0.2) is 5.78 Å². The van der Waals surface area contributed by atoms with Gasteiger partial charge in [0.15, 0.2) is 0 Å². The lowest BCUT2D eigenvalue weighted by Crippen LogP contribution is -2.14. The summed E-state index contributed by atoms with van der Waals surface area (Å²) in [7, 11) is 0. The van der Waals surface area contributed by atoms with Gasteiger partial charge in [-0.25, -0.2) is 0 Å². The molecule has 0 spiro atoms. The van der Waals surface area contributed by atoms with Gasteiger partial charge in [0.05, 0.1) is 0 Å². The quantitative estimate of drug-likeness (QED) is 0.751. The van der Waals surface area contributed by atoms with E-state index in [0.29, 0.717) is 24.0 Å². The largest absolute Gasteiger partial charge is 0.299 e. The van der Waals surface area contributed by atoms with Crippen molar-refractivity contribution >= 4 is 5.78 Å². The normalized spacial score (nSPS) is 24.2.